The molecular weight excluding hydrogens is 562 g/mol. The van der Waals surface area contributed by atoms with Crippen LogP contribution in [0, 0.1) is 0 Å². The zero-order valence-corrected chi connectivity index (χ0v) is 21.7. The van der Waals surface area contributed by atoms with Gasteiger partial charge >= 0.3 is 0 Å². The molecule has 0 saturated heterocycles. The van der Waals surface area contributed by atoms with Gasteiger partial charge in [0.25, 0.3) is 15.9 Å². The van der Waals surface area contributed by atoms with Gasteiger partial charge in [-0.2, -0.15) is 0 Å². The van der Waals surface area contributed by atoms with E-state index in [-0.39, 0.29) is 32.4 Å². The maximum atomic E-state index is 12.7. The Kier molecular flexibility index (Phi) is 7.28. The summed E-state index contributed by atoms with van der Waals surface area (Å²) >= 11 is 24.6. The van der Waals surface area contributed by atoms with Gasteiger partial charge in [-0.15, -0.1) is 11.3 Å². The number of para-hydroxylation sites is 1. The second-order valence-corrected chi connectivity index (χ2v) is 12.1. The Bertz CT molecular complexity index is 1430. The normalized spacial score (nSPS) is 13.5. The summed E-state index contributed by atoms with van der Waals surface area (Å²) < 4.78 is 26.7. The lowest BCUT2D eigenvalue weighted by atomic mass is 10.1. The summed E-state index contributed by atoms with van der Waals surface area (Å²) in [7, 11) is -4.14. The van der Waals surface area contributed by atoms with E-state index >= 15 is 0 Å². The van der Waals surface area contributed by atoms with Gasteiger partial charge in [0.15, 0.2) is 0 Å². The van der Waals surface area contributed by atoms with Crippen LogP contribution in [0.3, 0.4) is 0 Å². The van der Waals surface area contributed by atoms with E-state index in [2.05, 4.69) is 0 Å². The van der Waals surface area contributed by atoms with Crippen molar-refractivity contribution in [3.63, 3.8) is 0 Å². The third kappa shape index (κ3) is 5.27. The highest BCUT2D eigenvalue weighted by Gasteiger charge is 2.29. The molecule has 6 nitrogen and oxygen atoms in total. The molecule has 4 rings (SSSR count). The average Bonchev–Trinajstić information content (AvgIpc) is 3.27. The van der Waals surface area contributed by atoms with Crippen LogP contribution in [-0.4, -0.2) is 20.2 Å². The van der Waals surface area contributed by atoms with E-state index in [1.54, 1.807) is 35.2 Å². The van der Waals surface area contributed by atoms with Gasteiger partial charge < -0.3 is 4.90 Å². The van der Waals surface area contributed by atoms with Crippen LogP contribution in [0.2, 0.25) is 19.4 Å². The number of fused-ring (bicyclic) bond motifs is 1. The molecule has 0 spiro atoms. The minimum atomic E-state index is -4.14. The average molecular weight is 576 g/mol. The summed E-state index contributed by atoms with van der Waals surface area (Å²) in [4.78, 5) is 26.7. The van der Waals surface area contributed by atoms with Crippen molar-refractivity contribution >= 4 is 91.3 Å². The molecule has 2 aromatic carbocycles. The van der Waals surface area contributed by atoms with E-state index in [0.717, 1.165) is 23.0 Å². The van der Waals surface area contributed by atoms with E-state index in [1.165, 1.54) is 12.1 Å². The molecule has 0 atom stereocenters. The van der Waals surface area contributed by atoms with E-state index < -0.39 is 15.9 Å². The summed E-state index contributed by atoms with van der Waals surface area (Å²) in [5.74, 6) is -0.991. The van der Waals surface area contributed by atoms with Gasteiger partial charge in [-0.3, -0.25) is 9.59 Å². The molecule has 176 valence electrons. The smallest absolute Gasteiger partial charge is 0.273 e. The maximum Gasteiger partial charge on any atom is 0.273 e. The Labute approximate surface area is 219 Å². The Hall–Kier alpha value is -2.07. The Balaban J connectivity index is 1.57. The number of amides is 2. The molecule has 1 aliphatic rings. The monoisotopic (exact) mass is 574 g/mol. The number of hydrogen-bond acceptors (Lipinski definition) is 5. The summed E-state index contributed by atoms with van der Waals surface area (Å²) in [6.07, 6.45) is 2.73. The number of nitrogens with zero attached hydrogens (tertiary/aromatic N) is 1. The lowest BCUT2D eigenvalue weighted by Crippen LogP contribution is -2.28. The van der Waals surface area contributed by atoms with Crippen molar-refractivity contribution in [2.45, 2.75) is 17.2 Å². The summed E-state index contributed by atoms with van der Waals surface area (Å²) in [5.41, 5.74) is 2.70. The van der Waals surface area contributed by atoms with Crippen molar-refractivity contribution in [3.8, 4) is 0 Å². The van der Waals surface area contributed by atoms with E-state index in [1.807, 2.05) is 10.8 Å². The first kappa shape index (κ1) is 25.0. The number of rotatable bonds is 6. The minimum Gasteiger partial charge on any atom is -0.307 e. The number of anilines is 1. The predicted molar refractivity (Wildman–Crippen MR) is 136 cm³/mol. The zero-order chi connectivity index (χ0) is 24.6. The van der Waals surface area contributed by atoms with Gasteiger partial charge in [0, 0.05) is 16.1 Å². The number of hydrogen-bond donors (Lipinski definition) is 1. The largest absolute Gasteiger partial charge is 0.307 e. The van der Waals surface area contributed by atoms with Crippen molar-refractivity contribution in [1.82, 2.24) is 4.72 Å². The molecular formula is C22H14Cl4N2O4S2. The standard InChI is InChI=1S/C22H14Cl4N2O4S2/c23-15-6-4-14(16(24)9-15)11-28-19(30)8-13-3-1-2-12(21(13)28)5-7-18(29)27-34(31,32)20-10-17(25)22(26)33-20/h1-7,9-10H,8,11H2,(H,27,29)/b7-5+. The number of benzene rings is 2. The molecule has 1 aromatic heterocycles. The van der Waals surface area contributed by atoms with Crippen LogP contribution in [0.4, 0.5) is 5.69 Å². The fraction of sp³-hybridized carbons (Fsp3) is 0.0909. The number of carbonyl (C=O) groups excluding carboxylic acids is 2. The molecule has 0 radical (unpaired) electrons. The van der Waals surface area contributed by atoms with Gasteiger partial charge in [-0.1, -0.05) is 70.7 Å². The highest BCUT2D eigenvalue weighted by Crippen LogP contribution is 2.36. The number of halogens is 4. The first-order chi connectivity index (χ1) is 16.0. The second-order valence-electron chi connectivity index (χ2n) is 7.24. The molecule has 0 saturated carbocycles. The predicted octanol–water partition coefficient (Wildman–Crippen LogP) is 5.97. The van der Waals surface area contributed by atoms with Crippen LogP contribution in [0.25, 0.3) is 6.08 Å². The maximum absolute atomic E-state index is 12.7. The first-order valence-electron chi connectivity index (χ1n) is 9.61. The van der Waals surface area contributed by atoms with Crippen LogP contribution < -0.4 is 9.62 Å². The lowest BCUT2D eigenvalue weighted by Gasteiger charge is -2.20. The molecule has 3 aromatic rings. The summed E-state index contributed by atoms with van der Waals surface area (Å²) in [5, 5.41) is 0.999. The quantitative estimate of drug-likeness (QED) is 0.367. The second kappa shape index (κ2) is 9.89. The highest BCUT2D eigenvalue weighted by molar-refractivity contribution is 7.92. The highest BCUT2D eigenvalue weighted by atomic mass is 35.5. The van der Waals surface area contributed by atoms with Gasteiger partial charge in [-0.25, -0.2) is 13.1 Å². The molecule has 1 N–H and O–H groups in total. The van der Waals surface area contributed by atoms with Gasteiger partial charge in [0.2, 0.25) is 5.91 Å². The Morgan fingerprint density at radius 1 is 1.09 bits per heavy atom. The fourth-order valence-corrected chi connectivity index (χ4v) is 6.72. The lowest BCUT2D eigenvalue weighted by molar-refractivity contribution is -0.117. The number of carbonyl (C=O) groups is 2. The van der Waals surface area contributed by atoms with Gasteiger partial charge in [-0.05, 0) is 41.0 Å². The van der Waals surface area contributed by atoms with Crippen molar-refractivity contribution < 1.29 is 18.0 Å². The molecule has 12 heteroatoms. The van der Waals surface area contributed by atoms with Crippen LogP contribution in [0.1, 0.15) is 16.7 Å². The van der Waals surface area contributed by atoms with Crippen molar-refractivity contribution in [1.29, 1.82) is 0 Å². The summed E-state index contributed by atoms with van der Waals surface area (Å²) in [6.45, 7) is 0.215. The number of nitrogens with one attached hydrogen (secondary N) is 1. The van der Waals surface area contributed by atoms with Gasteiger partial charge in [0.1, 0.15) is 8.55 Å². The molecule has 0 unspecified atom stereocenters. The topological polar surface area (TPSA) is 83.6 Å². The SMILES string of the molecule is O=C(/C=C/c1cccc2c1N(Cc1ccc(Cl)cc1Cl)C(=O)C2)NS(=O)(=O)c1cc(Cl)c(Cl)s1. The zero-order valence-electron chi connectivity index (χ0n) is 17.0. The Morgan fingerprint density at radius 3 is 2.53 bits per heavy atom. The molecule has 0 aliphatic carbocycles. The number of thiophene rings is 1. The molecule has 1 aliphatic heterocycles. The molecule has 2 heterocycles. The third-order valence-corrected chi connectivity index (χ3v) is 9.22. The van der Waals surface area contributed by atoms with Gasteiger partial charge in [0.05, 0.1) is 23.7 Å². The van der Waals surface area contributed by atoms with Crippen molar-refractivity contribution in [3.05, 3.63) is 84.6 Å². The van der Waals surface area contributed by atoms with Crippen LogP contribution >= 0.6 is 57.7 Å². The number of sulfonamides is 1. The minimum absolute atomic E-state index is 0.0837. The molecule has 0 bridgehead atoms. The Morgan fingerprint density at radius 2 is 1.85 bits per heavy atom. The molecule has 0 fully saturated rings. The van der Waals surface area contributed by atoms with Crippen molar-refractivity contribution in [2.24, 2.45) is 0 Å². The van der Waals surface area contributed by atoms with E-state index in [9.17, 15) is 18.0 Å². The first-order valence-corrected chi connectivity index (χ1v) is 13.4. The van der Waals surface area contributed by atoms with Crippen LogP contribution in [-0.2, 0) is 32.6 Å². The molecule has 34 heavy (non-hydrogen) atoms. The van der Waals surface area contributed by atoms with Crippen LogP contribution in [0.5, 0.6) is 0 Å². The van der Waals surface area contributed by atoms with Crippen molar-refractivity contribution in [2.75, 3.05) is 4.90 Å². The third-order valence-electron chi connectivity index (χ3n) is 4.94. The molecule has 2 amide bonds. The van der Waals surface area contributed by atoms with E-state index in [0.29, 0.717) is 26.9 Å². The van der Waals surface area contributed by atoms with Crippen LogP contribution in [0.15, 0.2) is 52.7 Å². The van der Waals surface area contributed by atoms with E-state index in [4.69, 9.17) is 46.4 Å². The summed E-state index contributed by atoms with van der Waals surface area (Å²) in [6, 6.07) is 11.5. The fourth-order valence-electron chi connectivity index (χ4n) is 3.43.